The van der Waals surface area contributed by atoms with Gasteiger partial charge in [0.2, 0.25) is 5.89 Å². The SMILES string of the molecule is C=C(/C(C)=C\C(F)=C/C)c1nc(C2C=CC(S(C)(=O)=O)=CC2C)co1. The highest BCUT2D eigenvalue weighted by Gasteiger charge is 2.25. The summed E-state index contributed by atoms with van der Waals surface area (Å²) in [6.45, 7) is 9.18. The lowest BCUT2D eigenvalue weighted by Crippen LogP contribution is -2.13. The molecule has 1 aliphatic carbocycles. The van der Waals surface area contributed by atoms with Crippen LogP contribution >= 0.6 is 0 Å². The van der Waals surface area contributed by atoms with E-state index in [1.54, 1.807) is 26.0 Å². The summed E-state index contributed by atoms with van der Waals surface area (Å²) in [7, 11) is -3.23. The van der Waals surface area contributed by atoms with Crippen LogP contribution < -0.4 is 0 Å². The molecule has 6 heteroatoms. The van der Waals surface area contributed by atoms with E-state index in [4.69, 9.17) is 4.42 Å². The minimum Gasteiger partial charge on any atom is -0.444 e. The second kappa shape index (κ2) is 7.35. The zero-order chi connectivity index (χ0) is 18.8. The highest BCUT2D eigenvalue weighted by atomic mass is 32.2. The summed E-state index contributed by atoms with van der Waals surface area (Å²) in [6.07, 6.45) is 10.6. The Morgan fingerprint density at radius 2 is 2.12 bits per heavy atom. The molecule has 1 aliphatic rings. The van der Waals surface area contributed by atoms with Gasteiger partial charge in [0, 0.05) is 17.7 Å². The number of sulfone groups is 1. The molecule has 134 valence electrons. The molecule has 2 atom stereocenters. The molecule has 0 aliphatic heterocycles. The third kappa shape index (κ3) is 4.45. The maximum atomic E-state index is 13.4. The van der Waals surface area contributed by atoms with Crippen LogP contribution in [0.25, 0.3) is 5.57 Å². The second-order valence-corrected chi connectivity index (χ2v) is 8.16. The van der Waals surface area contributed by atoms with E-state index < -0.39 is 9.84 Å². The lowest BCUT2D eigenvalue weighted by atomic mass is 9.88. The number of rotatable bonds is 5. The Hall–Kier alpha value is -2.21. The molecule has 0 bridgehead atoms. The molecule has 0 saturated carbocycles. The molecule has 0 aromatic carbocycles. The fourth-order valence-electron chi connectivity index (χ4n) is 2.53. The van der Waals surface area contributed by atoms with E-state index in [0.29, 0.717) is 27.6 Å². The number of nitrogens with zero attached hydrogens (tertiary/aromatic N) is 1. The molecule has 0 spiro atoms. The van der Waals surface area contributed by atoms with Crippen molar-refractivity contribution in [1.29, 1.82) is 0 Å². The molecule has 0 radical (unpaired) electrons. The van der Waals surface area contributed by atoms with Crippen molar-refractivity contribution in [2.45, 2.75) is 26.7 Å². The van der Waals surface area contributed by atoms with E-state index >= 15 is 0 Å². The van der Waals surface area contributed by atoms with Gasteiger partial charge in [-0.2, -0.15) is 0 Å². The first-order chi connectivity index (χ1) is 11.6. The minimum atomic E-state index is -3.23. The number of aromatic nitrogens is 1. The molecule has 0 fully saturated rings. The van der Waals surface area contributed by atoms with Crippen LogP contribution in [0.2, 0.25) is 0 Å². The van der Waals surface area contributed by atoms with Gasteiger partial charge in [-0.15, -0.1) is 0 Å². The number of allylic oxidation sites excluding steroid dienone is 8. The molecule has 25 heavy (non-hydrogen) atoms. The summed E-state index contributed by atoms with van der Waals surface area (Å²) in [5.41, 5.74) is 1.81. The average Bonchev–Trinajstić information content (AvgIpc) is 3.02. The van der Waals surface area contributed by atoms with E-state index in [9.17, 15) is 12.8 Å². The van der Waals surface area contributed by atoms with E-state index in [2.05, 4.69) is 11.6 Å². The molecule has 0 saturated heterocycles. The first-order valence-electron chi connectivity index (χ1n) is 7.88. The van der Waals surface area contributed by atoms with Crippen molar-refractivity contribution in [3.05, 3.63) is 71.1 Å². The van der Waals surface area contributed by atoms with Crippen molar-refractivity contribution in [2.24, 2.45) is 5.92 Å². The van der Waals surface area contributed by atoms with Crippen molar-refractivity contribution < 1.29 is 17.2 Å². The third-order valence-corrected chi connectivity index (χ3v) is 5.25. The van der Waals surface area contributed by atoms with Gasteiger partial charge in [-0.1, -0.05) is 31.7 Å². The zero-order valence-corrected chi connectivity index (χ0v) is 15.6. The quantitative estimate of drug-likeness (QED) is 0.710. The van der Waals surface area contributed by atoms with Gasteiger partial charge in [-0.05, 0) is 37.5 Å². The smallest absolute Gasteiger partial charge is 0.225 e. The number of oxazole rings is 1. The average molecular weight is 363 g/mol. The zero-order valence-electron chi connectivity index (χ0n) is 14.8. The lowest BCUT2D eigenvalue weighted by Gasteiger charge is -2.20. The van der Waals surface area contributed by atoms with Crippen LogP contribution in [0, 0.1) is 5.92 Å². The predicted octanol–water partition coefficient (Wildman–Crippen LogP) is 4.73. The van der Waals surface area contributed by atoms with Crippen molar-refractivity contribution in [3.63, 3.8) is 0 Å². The first-order valence-corrected chi connectivity index (χ1v) is 9.78. The Morgan fingerprint density at radius 3 is 2.68 bits per heavy atom. The van der Waals surface area contributed by atoms with Crippen molar-refractivity contribution in [3.8, 4) is 0 Å². The highest BCUT2D eigenvalue weighted by Crippen LogP contribution is 2.34. The summed E-state index contributed by atoms with van der Waals surface area (Å²) >= 11 is 0. The molecule has 2 unspecified atom stereocenters. The van der Waals surface area contributed by atoms with Crippen molar-refractivity contribution in [1.82, 2.24) is 4.98 Å². The topological polar surface area (TPSA) is 60.2 Å². The molecule has 1 aromatic heterocycles. The Kier molecular flexibility index (Phi) is 5.62. The van der Waals surface area contributed by atoms with Gasteiger partial charge in [-0.25, -0.2) is 17.8 Å². The summed E-state index contributed by atoms with van der Waals surface area (Å²) in [5.74, 6) is -0.163. The Morgan fingerprint density at radius 1 is 1.44 bits per heavy atom. The molecule has 0 N–H and O–H groups in total. The van der Waals surface area contributed by atoms with Crippen LogP contribution in [0.5, 0.6) is 0 Å². The lowest BCUT2D eigenvalue weighted by molar-refractivity contribution is 0.537. The molecule has 2 rings (SSSR count). The van der Waals surface area contributed by atoms with Crippen LogP contribution in [0.1, 0.15) is 38.3 Å². The largest absolute Gasteiger partial charge is 0.444 e. The van der Waals surface area contributed by atoms with E-state index in [1.165, 1.54) is 24.7 Å². The van der Waals surface area contributed by atoms with E-state index in [-0.39, 0.29) is 17.7 Å². The van der Waals surface area contributed by atoms with Crippen molar-refractivity contribution in [2.75, 3.05) is 6.26 Å². The van der Waals surface area contributed by atoms with Crippen LogP contribution in [0.4, 0.5) is 4.39 Å². The molecular formula is C19H22FNO3S. The summed E-state index contributed by atoms with van der Waals surface area (Å²) in [5, 5.41) is 0. The monoisotopic (exact) mass is 363 g/mol. The molecule has 0 amide bonds. The Labute approximate surface area is 148 Å². The van der Waals surface area contributed by atoms with Gasteiger partial charge in [0.25, 0.3) is 0 Å². The molecular weight excluding hydrogens is 341 g/mol. The molecule has 4 nitrogen and oxygen atoms in total. The van der Waals surface area contributed by atoms with Crippen LogP contribution in [-0.4, -0.2) is 19.7 Å². The predicted molar refractivity (Wildman–Crippen MR) is 98.1 cm³/mol. The molecule has 1 aromatic rings. The van der Waals surface area contributed by atoms with E-state index in [1.807, 2.05) is 13.0 Å². The van der Waals surface area contributed by atoms with Gasteiger partial charge in [0.1, 0.15) is 12.1 Å². The summed E-state index contributed by atoms with van der Waals surface area (Å²) in [4.78, 5) is 4.76. The van der Waals surface area contributed by atoms with Crippen LogP contribution in [-0.2, 0) is 9.84 Å². The number of halogens is 1. The van der Waals surface area contributed by atoms with Gasteiger partial charge >= 0.3 is 0 Å². The minimum absolute atomic E-state index is 0.0435. The van der Waals surface area contributed by atoms with Crippen LogP contribution in [0.15, 0.2) is 63.9 Å². The third-order valence-electron chi connectivity index (χ3n) is 4.12. The second-order valence-electron chi connectivity index (χ2n) is 6.14. The fraction of sp³-hybridized carbons (Fsp3) is 0.316. The van der Waals surface area contributed by atoms with E-state index in [0.717, 1.165) is 0 Å². The molecule has 1 heterocycles. The van der Waals surface area contributed by atoms with Gasteiger partial charge in [-0.3, -0.25) is 0 Å². The maximum absolute atomic E-state index is 13.4. The fourth-order valence-corrected chi connectivity index (χ4v) is 3.32. The van der Waals surface area contributed by atoms with Crippen molar-refractivity contribution >= 4 is 15.4 Å². The number of hydrogen-bond acceptors (Lipinski definition) is 4. The Bertz CT molecular complexity index is 901. The van der Waals surface area contributed by atoms with Crippen LogP contribution in [0.3, 0.4) is 0 Å². The number of hydrogen-bond donors (Lipinski definition) is 0. The first kappa shape index (κ1) is 19.1. The van der Waals surface area contributed by atoms with Gasteiger partial charge in [0.15, 0.2) is 9.84 Å². The summed E-state index contributed by atoms with van der Waals surface area (Å²) < 4.78 is 42.2. The summed E-state index contributed by atoms with van der Waals surface area (Å²) in [6, 6.07) is 0. The normalized spacial score (nSPS) is 22.0. The maximum Gasteiger partial charge on any atom is 0.225 e. The standard InChI is InChI=1S/C19H22FNO3S/c1-6-15(20)9-12(2)14(4)19-21-18(11-24-19)17-8-7-16(10-13(17)3)25(5,22)23/h6-11,13,17H,4H2,1-3,5H3/b12-9-,15-6+. The van der Waals surface area contributed by atoms with Gasteiger partial charge in [0.05, 0.1) is 10.6 Å². The van der Waals surface area contributed by atoms with Gasteiger partial charge < -0.3 is 4.42 Å². The Balaban J connectivity index is 2.23. The highest BCUT2D eigenvalue weighted by molar-refractivity contribution is 7.94.